The zero-order valence-electron chi connectivity index (χ0n) is 12.2. The van der Waals surface area contributed by atoms with Crippen molar-refractivity contribution in [3.63, 3.8) is 0 Å². The predicted octanol–water partition coefficient (Wildman–Crippen LogP) is 2.38. The van der Waals surface area contributed by atoms with E-state index < -0.39 is 11.5 Å². The van der Waals surface area contributed by atoms with Crippen LogP contribution in [0.1, 0.15) is 39.2 Å². The van der Waals surface area contributed by atoms with Crippen molar-refractivity contribution in [2.75, 3.05) is 6.54 Å². The number of aliphatic hydroxyl groups excluding tert-OH is 1. The van der Waals surface area contributed by atoms with E-state index in [0.29, 0.717) is 18.4 Å². The van der Waals surface area contributed by atoms with Crippen LogP contribution in [0.2, 0.25) is 0 Å². The van der Waals surface area contributed by atoms with Gasteiger partial charge < -0.3 is 10.4 Å². The van der Waals surface area contributed by atoms with Crippen molar-refractivity contribution in [2.45, 2.75) is 45.1 Å². The molecular weight excluding hydrogens is 257 g/mol. The first kappa shape index (κ1) is 15.0. The van der Waals surface area contributed by atoms with Crippen molar-refractivity contribution in [1.82, 2.24) is 5.32 Å². The van der Waals surface area contributed by atoms with Gasteiger partial charge in [-0.05, 0) is 24.3 Å². The smallest absolute Gasteiger partial charge is 0.230 e. The molecule has 1 amide bonds. The minimum absolute atomic E-state index is 0.189. The first-order valence-electron chi connectivity index (χ1n) is 6.99. The molecule has 0 spiro atoms. The van der Waals surface area contributed by atoms with Crippen LogP contribution in [0.15, 0.2) is 24.3 Å². The number of carbonyl (C=O) groups is 1. The third kappa shape index (κ3) is 2.85. The molecule has 2 rings (SSSR count). The summed E-state index contributed by atoms with van der Waals surface area (Å²) in [5, 5.41) is 12.7. The Morgan fingerprint density at radius 2 is 2.00 bits per heavy atom. The molecule has 1 aromatic carbocycles. The number of benzene rings is 1. The molecule has 110 valence electrons. The van der Waals surface area contributed by atoms with Crippen LogP contribution in [0.25, 0.3) is 0 Å². The predicted molar refractivity (Wildman–Crippen MR) is 75.8 cm³/mol. The standard InChI is InChI=1S/C16H22FNO2/c1-15(2,3)13(19)10-18-14(20)16(8-9-16)11-6-4-5-7-12(11)17/h4-7,13,19H,8-10H2,1-3H3,(H,18,20). The second-order valence-corrected chi connectivity index (χ2v) is 6.65. The number of rotatable bonds is 4. The number of hydrogen-bond donors (Lipinski definition) is 2. The van der Waals surface area contributed by atoms with E-state index >= 15 is 0 Å². The Morgan fingerprint density at radius 1 is 1.40 bits per heavy atom. The van der Waals surface area contributed by atoms with Gasteiger partial charge >= 0.3 is 0 Å². The van der Waals surface area contributed by atoms with Crippen molar-refractivity contribution in [1.29, 1.82) is 0 Å². The zero-order chi connectivity index (χ0) is 15.0. The lowest BCUT2D eigenvalue weighted by Gasteiger charge is -2.27. The minimum atomic E-state index is -0.733. The summed E-state index contributed by atoms with van der Waals surface area (Å²) in [6, 6.07) is 6.42. The quantitative estimate of drug-likeness (QED) is 0.889. The van der Waals surface area contributed by atoms with E-state index in [2.05, 4.69) is 5.32 Å². The fraction of sp³-hybridized carbons (Fsp3) is 0.562. The summed E-state index contributed by atoms with van der Waals surface area (Å²) in [6.07, 6.45) is 0.694. The van der Waals surface area contributed by atoms with Crippen molar-refractivity contribution in [3.8, 4) is 0 Å². The maximum atomic E-state index is 13.8. The second-order valence-electron chi connectivity index (χ2n) is 6.65. The Labute approximate surface area is 119 Å². The van der Waals surface area contributed by atoms with Crippen LogP contribution in [-0.2, 0) is 10.2 Å². The van der Waals surface area contributed by atoms with E-state index in [0.717, 1.165) is 0 Å². The van der Waals surface area contributed by atoms with E-state index in [1.54, 1.807) is 18.2 Å². The van der Waals surface area contributed by atoms with Gasteiger partial charge in [-0.3, -0.25) is 4.79 Å². The fourth-order valence-corrected chi connectivity index (χ4v) is 2.26. The summed E-state index contributed by atoms with van der Waals surface area (Å²) in [5.41, 5.74) is -0.562. The molecule has 20 heavy (non-hydrogen) atoms. The summed E-state index contributed by atoms with van der Waals surface area (Å²) in [4.78, 5) is 12.3. The van der Waals surface area contributed by atoms with Gasteiger partial charge in [0.15, 0.2) is 0 Å². The number of amides is 1. The number of hydrogen-bond acceptors (Lipinski definition) is 2. The molecule has 1 aliphatic rings. The molecule has 0 bridgehead atoms. The van der Waals surface area contributed by atoms with Crippen molar-refractivity contribution >= 4 is 5.91 Å². The largest absolute Gasteiger partial charge is 0.391 e. The van der Waals surface area contributed by atoms with E-state index in [9.17, 15) is 14.3 Å². The van der Waals surface area contributed by atoms with Crippen LogP contribution in [0.3, 0.4) is 0 Å². The lowest BCUT2D eigenvalue weighted by Crippen LogP contribution is -2.43. The highest BCUT2D eigenvalue weighted by Gasteiger charge is 2.52. The first-order valence-corrected chi connectivity index (χ1v) is 6.99. The normalized spacial score (nSPS) is 18.4. The summed E-state index contributed by atoms with van der Waals surface area (Å²) in [6.45, 7) is 5.92. The number of carbonyl (C=O) groups excluding carboxylic acids is 1. The van der Waals surface area contributed by atoms with Gasteiger partial charge in [0.25, 0.3) is 0 Å². The van der Waals surface area contributed by atoms with E-state index in [1.165, 1.54) is 6.07 Å². The van der Waals surface area contributed by atoms with Crippen molar-refractivity contribution < 1.29 is 14.3 Å². The number of halogens is 1. The summed E-state index contributed by atoms with van der Waals surface area (Å²) in [7, 11) is 0. The maximum absolute atomic E-state index is 13.8. The SMILES string of the molecule is CC(C)(C)C(O)CNC(=O)C1(c2ccccc2F)CC1. The van der Waals surface area contributed by atoms with Gasteiger partial charge in [0.05, 0.1) is 11.5 Å². The third-order valence-electron chi connectivity index (χ3n) is 4.03. The lowest BCUT2D eigenvalue weighted by molar-refractivity contribution is -0.124. The van der Waals surface area contributed by atoms with Crippen LogP contribution >= 0.6 is 0 Å². The molecule has 0 radical (unpaired) electrons. The van der Waals surface area contributed by atoms with Crippen LogP contribution in [-0.4, -0.2) is 23.7 Å². The molecule has 1 atom stereocenters. The highest BCUT2D eigenvalue weighted by atomic mass is 19.1. The van der Waals surface area contributed by atoms with Crippen molar-refractivity contribution in [3.05, 3.63) is 35.6 Å². The number of aliphatic hydroxyl groups is 1. The molecule has 0 aromatic heterocycles. The van der Waals surface area contributed by atoms with Crippen LogP contribution < -0.4 is 5.32 Å². The van der Waals surface area contributed by atoms with Crippen LogP contribution in [0, 0.1) is 11.2 Å². The third-order valence-corrected chi connectivity index (χ3v) is 4.03. The molecule has 2 N–H and O–H groups in total. The molecule has 3 nitrogen and oxygen atoms in total. The minimum Gasteiger partial charge on any atom is -0.391 e. The van der Waals surface area contributed by atoms with E-state index in [4.69, 9.17) is 0 Å². The molecule has 1 unspecified atom stereocenters. The summed E-state index contributed by atoms with van der Waals surface area (Å²) >= 11 is 0. The van der Waals surface area contributed by atoms with Gasteiger partial charge in [0.2, 0.25) is 5.91 Å². The Hall–Kier alpha value is -1.42. The summed E-state index contributed by atoms with van der Waals surface area (Å²) in [5.74, 6) is -0.526. The molecule has 1 saturated carbocycles. The van der Waals surface area contributed by atoms with E-state index in [1.807, 2.05) is 20.8 Å². The Morgan fingerprint density at radius 3 is 2.50 bits per heavy atom. The molecule has 0 aliphatic heterocycles. The number of nitrogens with one attached hydrogen (secondary N) is 1. The fourth-order valence-electron chi connectivity index (χ4n) is 2.26. The molecular formula is C16H22FNO2. The first-order chi connectivity index (χ1) is 9.27. The van der Waals surface area contributed by atoms with Gasteiger partial charge in [-0.2, -0.15) is 0 Å². The van der Waals surface area contributed by atoms with Crippen LogP contribution in [0.4, 0.5) is 4.39 Å². The van der Waals surface area contributed by atoms with Gasteiger partial charge in [-0.25, -0.2) is 4.39 Å². The zero-order valence-corrected chi connectivity index (χ0v) is 12.2. The second kappa shape index (κ2) is 5.17. The average molecular weight is 279 g/mol. The lowest BCUT2D eigenvalue weighted by atomic mass is 9.88. The molecule has 1 aliphatic carbocycles. The van der Waals surface area contributed by atoms with Gasteiger partial charge in [-0.1, -0.05) is 39.0 Å². The van der Waals surface area contributed by atoms with Gasteiger partial charge in [-0.15, -0.1) is 0 Å². The van der Waals surface area contributed by atoms with Crippen LogP contribution in [0.5, 0.6) is 0 Å². The van der Waals surface area contributed by atoms with Crippen molar-refractivity contribution in [2.24, 2.45) is 5.41 Å². The van der Waals surface area contributed by atoms with Gasteiger partial charge in [0, 0.05) is 12.1 Å². The molecule has 0 heterocycles. The van der Waals surface area contributed by atoms with Gasteiger partial charge in [0.1, 0.15) is 5.82 Å². The molecule has 4 heteroatoms. The molecule has 0 saturated heterocycles. The highest BCUT2D eigenvalue weighted by Crippen LogP contribution is 2.49. The Balaban J connectivity index is 2.05. The Bertz CT molecular complexity index is 503. The van der Waals surface area contributed by atoms with E-state index in [-0.39, 0.29) is 23.7 Å². The molecule has 1 fully saturated rings. The highest BCUT2D eigenvalue weighted by molar-refractivity contribution is 5.91. The maximum Gasteiger partial charge on any atom is 0.230 e. The monoisotopic (exact) mass is 279 g/mol. The molecule has 1 aromatic rings. The Kier molecular flexibility index (Phi) is 3.87. The average Bonchev–Trinajstić information content (AvgIpc) is 3.16. The topological polar surface area (TPSA) is 49.3 Å². The summed E-state index contributed by atoms with van der Waals surface area (Å²) < 4.78 is 13.8.